The summed E-state index contributed by atoms with van der Waals surface area (Å²) in [5.74, 6) is 0. The molecule has 0 heterocycles. The van der Waals surface area contributed by atoms with Crippen molar-refractivity contribution in [2.45, 2.75) is 26.2 Å². The molecule has 1 aliphatic carbocycles. The van der Waals surface area contributed by atoms with Gasteiger partial charge in [0, 0.05) is 11.3 Å². The number of hydrogen-bond acceptors (Lipinski definition) is 2. The molecule has 0 saturated heterocycles. The highest BCUT2D eigenvalue weighted by atomic mass is 16.6. The van der Waals surface area contributed by atoms with Crippen molar-refractivity contribution >= 4 is 0 Å². The average Bonchev–Trinajstić information content (AvgIpc) is 2.45. The van der Waals surface area contributed by atoms with Gasteiger partial charge in [-0.05, 0) is 18.3 Å². The third kappa shape index (κ3) is 2.00. The third-order valence-electron chi connectivity index (χ3n) is 2.00. The van der Waals surface area contributed by atoms with E-state index in [4.69, 9.17) is 0 Å². The van der Waals surface area contributed by atoms with Gasteiger partial charge < -0.3 is 0 Å². The molecule has 3 heteroatoms. The molecule has 1 saturated carbocycles. The van der Waals surface area contributed by atoms with Crippen molar-refractivity contribution in [2.24, 2.45) is 5.41 Å². The zero-order valence-corrected chi connectivity index (χ0v) is 5.59. The summed E-state index contributed by atoms with van der Waals surface area (Å²) in [6.07, 6.45) is 3.13. The minimum atomic E-state index is -0.233. The summed E-state index contributed by atoms with van der Waals surface area (Å²) in [6.45, 7) is 2.26. The lowest BCUT2D eigenvalue weighted by atomic mass is 10.1. The molecular weight excluding hydrogens is 118 g/mol. The lowest BCUT2D eigenvalue weighted by molar-refractivity contribution is -0.482. The Kier molecular flexibility index (Phi) is 1.43. The summed E-state index contributed by atoms with van der Waals surface area (Å²) in [4.78, 5) is 9.65. The molecule has 0 amide bonds. The fourth-order valence-corrected chi connectivity index (χ4v) is 0.825. The highest BCUT2D eigenvalue weighted by molar-refractivity contribution is 4.87. The van der Waals surface area contributed by atoms with Crippen LogP contribution in [0.5, 0.6) is 0 Å². The van der Waals surface area contributed by atoms with E-state index in [-0.39, 0.29) is 11.5 Å². The van der Waals surface area contributed by atoms with Gasteiger partial charge in [0.1, 0.15) is 0 Å². The average molecular weight is 129 g/mol. The van der Waals surface area contributed by atoms with E-state index in [1.165, 1.54) is 12.8 Å². The molecule has 3 nitrogen and oxygen atoms in total. The fraction of sp³-hybridized carbons (Fsp3) is 1.00. The van der Waals surface area contributed by atoms with Crippen LogP contribution >= 0.6 is 0 Å². The van der Waals surface area contributed by atoms with Crippen LogP contribution in [0.15, 0.2) is 0 Å². The molecule has 1 fully saturated rings. The standard InChI is InChI=1S/C6H11NO2/c1-6(2-3-6)4-5-7(8)9/h2-5H2,1H3. The van der Waals surface area contributed by atoms with Crippen LogP contribution < -0.4 is 0 Å². The number of hydrogen-bond donors (Lipinski definition) is 0. The first-order valence-corrected chi connectivity index (χ1v) is 3.24. The maximum atomic E-state index is 9.88. The third-order valence-corrected chi connectivity index (χ3v) is 2.00. The molecule has 1 aliphatic rings. The fourth-order valence-electron chi connectivity index (χ4n) is 0.825. The number of nitro groups is 1. The second-order valence-corrected chi connectivity index (χ2v) is 3.12. The number of nitrogens with zero attached hydrogens (tertiary/aromatic N) is 1. The first-order chi connectivity index (χ1) is 4.12. The van der Waals surface area contributed by atoms with Crippen molar-refractivity contribution in [1.29, 1.82) is 0 Å². The molecule has 52 valence electrons. The van der Waals surface area contributed by atoms with E-state index < -0.39 is 0 Å². The summed E-state index contributed by atoms with van der Waals surface area (Å²) in [7, 11) is 0. The van der Waals surface area contributed by atoms with E-state index in [2.05, 4.69) is 6.92 Å². The Hall–Kier alpha value is -0.600. The lowest BCUT2D eigenvalue weighted by Gasteiger charge is -2.00. The van der Waals surface area contributed by atoms with E-state index in [0.29, 0.717) is 5.41 Å². The van der Waals surface area contributed by atoms with Crippen molar-refractivity contribution < 1.29 is 4.92 Å². The van der Waals surface area contributed by atoms with Crippen molar-refractivity contribution in [1.82, 2.24) is 0 Å². The quantitative estimate of drug-likeness (QED) is 0.427. The summed E-state index contributed by atoms with van der Waals surface area (Å²) < 4.78 is 0. The van der Waals surface area contributed by atoms with Gasteiger partial charge in [0.05, 0.1) is 0 Å². The van der Waals surface area contributed by atoms with Crippen LogP contribution in [0.1, 0.15) is 26.2 Å². The zero-order valence-electron chi connectivity index (χ0n) is 5.59. The molecule has 0 spiro atoms. The second kappa shape index (κ2) is 1.97. The van der Waals surface area contributed by atoms with Crippen molar-refractivity contribution in [3.8, 4) is 0 Å². The first kappa shape index (κ1) is 6.52. The predicted octanol–water partition coefficient (Wildman–Crippen LogP) is 1.45. The lowest BCUT2D eigenvalue weighted by Crippen LogP contribution is -2.05. The summed E-state index contributed by atoms with van der Waals surface area (Å²) in [5.41, 5.74) is 0.340. The topological polar surface area (TPSA) is 43.1 Å². The monoisotopic (exact) mass is 129 g/mol. The van der Waals surface area contributed by atoms with E-state index in [1.807, 2.05) is 0 Å². The van der Waals surface area contributed by atoms with E-state index in [0.717, 1.165) is 6.42 Å². The smallest absolute Gasteiger partial charge is 0.204 e. The van der Waals surface area contributed by atoms with Crippen LogP contribution in [0.3, 0.4) is 0 Å². The van der Waals surface area contributed by atoms with Crippen molar-refractivity contribution in [2.75, 3.05) is 6.54 Å². The molecular formula is C6H11NO2. The molecule has 9 heavy (non-hydrogen) atoms. The minimum absolute atomic E-state index is 0.149. The highest BCUT2D eigenvalue weighted by Crippen LogP contribution is 2.47. The zero-order chi connectivity index (χ0) is 6.91. The molecule has 0 N–H and O–H groups in total. The molecule has 0 aromatic heterocycles. The Bertz CT molecular complexity index is 129. The largest absolute Gasteiger partial charge is 0.265 e. The first-order valence-electron chi connectivity index (χ1n) is 3.24. The Balaban J connectivity index is 2.12. The summed E-state index contributed by atoms with van der Waals surface area (Å²) in [5, 5.41) is 9.88. The van der Waals surface area contributed by atoms with Gasteiger partial charge in [-0.3, -0.25) is 10.1 Å². The van der Waals surface area contributed by atoms with Gasteiger partial charge in [0.15, 0.2) is 0 Å². The van der Waals surface area contributed by atoms with Gasteiger partial charge in [-0.1, -0.05) is 6.92 Å². The van der Waals surface area contributed by atoms with Gasteiger partial charge in [-0.15, -0.1) is 0 Å². The summed E-state index contributed by atoms with van der Waals surface area (Å²) >= 11 is 0. The maximum absolute atomic E-state index is 9.88. The Labute approximate surface area is 54.2 Å². The molecule has 0 radical (unpaired) electrons. The van der Waals surface area contributed by atoms with Crippen LogP contribution in [-0.2, 0) is 0 Å². The second-order valence-electron chi connectivity index (χ2n) is 3.12. The van der Waals surface area contributed by atoms with E-state index in [9.17, 15) is 10.1 Å². The van der Waals surface area contributed by atoms with Crippen LogP contribution in [0.25, 0.3) is 0 Å². The van der Waals surface area contributed by atoms with Crippen molar-refractivity contribution in [3.63, 3.8) is 0 Å². The predicted molar refractivity (Wildman–Crippen MR) is 33.8 cm³/mol. The maximum Gasteiger partial charge on any atom is 0.204 e. The van der Waals surface area contributed by atoms with Gasteiger partial charge in [0.25, 0.3) is 0 Å². The summed E-state index contributed by atoms with van der Waals surface area (Å²) in [6, 6.07) is 0. The molecule has 0 atom stereocenters. The van der Waals surface area contributed by atoms with E-state index >= 15 is 0 Å². The van der Waals surface area contributed by atoms with Crippen LogP contribution in [0.2, 0.25) is 0 Å². The molecule has 0 aromatic rings. The Morgan fingerprint density at radius 2 is 2.22 bits per heavy atom. The molecule has 0 unspecified atom stereocenters. The molecule has 0 bridgehead atoms. The van der Waals surface area contributed by atoms with Crippen LogP contribution in [0, 0.1) is 15.5 Å². The van der Waals surface area contributed by atoms with Gasteiger partial charge >= 0.3 is 0 Å². The van der Waals surface area contributed by atoms with Gasteiger partial charge in [-0.25, -0.2) is 0 Å². The van der Waals surface area contributed by atoms with Crippen LogP contribution in [0.4, 0.5) is 0 Å². The molecule has 0 aliphatic heterocycles. The minimum Gasteiger partial charge on any atom is -0.265 e. The number of rotatable bonds is 3. The Morgan fingerprint density at radius 3 is 2.56 bits per heavy atom. The van der Waals surface area contributed by atoms with Gasteiger partial charge in [0.2, 0.25) is 6.54 Å². The van der Waals surface area contributed by atoms with Gasteiger partial charge in [-0.2, -0.15) is 0 Å². The van der Waals surface area contributed by atoms with Crippen LogP contribution in [-0.4, -0.2) is 11.5 Å². The molecule has 1 rings (SSSR count). The van der Waals surface area contributed by atoms with Crippen molar-refractivity contribution in [3.05, 3.63) is 10.1 Å². The Morgan fingerprint density at radius 1 is 1.67 bits per heavy atom. The highest BCUT2D eigenvalue weighted by Gasteiger charge is 2.37. The molecule has 0 aromatic carbocycles. The normalized spacial score (nSPS) is 21.4. The SMILES string of the molecule is CC1(CC[N+](=O)[O-])CC1. The van der Waals surface area contributed by atoms with E-state index in [1.54, 1.807) is 0 Å².